The number of rotatable bonds is 4. The van der Waals surface area contributed by atoms with Gasteiger partial charge in [-0.15, -0.1) is 0 Å². The molecule has 0 N–H and O–H groups in total. The molecule has 7 nitrogen and oxygen atoms in total. The smallest absolute Gasteiger partial charge is 0.238 e. The normalized spacial score (nSPS) is 12.5. The van der Waals surface area contributed by atoms with Crippen LogP contribution < -0.4 is 14.4 Å². The second-order valence-corrected chi connectivity index (χ2v) is 12.9. The predicted octanol–water partition coefficient (Wildman–Crippen LogP) is 11.7. The third kappa shape index (κ3) is 4.36. The Morgan fingerprint density at radius 1 is 0.385 bits per heavy atom. The Morgan fingerprint density at radius 3 is 1.56 bits per heavy atom. The summed E-state index contributed by atoms with van der Waals surface area (Å²) in [6.07, 6.45) is 0. The van der Waals surface area contributed by atoms with Gasteiger partial charge in [0.1, 0.15) is 5.69 Å². The average Bonchev–Trinajstić information content (AvgIpc) is 3.55. The predicted molar refractivity (Wildman–Crippen MR) is 205 cm³/mol. The molecule has 0 amide bonds. The molecule has 0 spiro atoms. The number of aromatic nitrogens is 4. The van der Waals surface area contributed by atoms with E-state index in [1.54, 1.807) is 0 Å². The van der Waals surface area contributed by atoms with E-state index in [1.807, 2.05) is 97.1 Å². The van der Waals surface area contributed by atoms with Crippen LogP contribution in [0, 0.1) is 0 Å². The van der Waals surface area contributed by atoms with E-state index in [-0.39, 0.29) is 0 Å². The molecule has 0 radical (unpaired) electrons. The number of fused-ring (bicyclic) bond motifs is 7. The molecule has 0 saturated heterocycles. The first-order valence-corrected chi connectivity index (χ1v) is 17.2. The molecule has 7 aromatic carbocycles. The molecule has 2 aliphatic rings. The summed E-state index contributed by atoms with van der Waals surface area (Å²) in [5, 5.41) is 2.18. The summed E-state index contributed by atoms with van der Waals surface area (Å²) in [5.41, 5.74) is 8.76. The minimum atomic E-state index is 0.559. The molecule has 9 aromatic rings. The van der Waals surface area contributed by atoms with Crippen LogP contribution in [0.5, 0.6) is 23.0 Å². The van der Waals surface area contributed by atoms with Crippen LogP contribution in [0.25, 0.3) is 61.7 Å². The Morgan fingerprint density at radius 2 is 0.923 bits per heavy atom. The van der Waals surface area contributed by atoms with Gasteiger partial charge in [-0.3, -0.25) is 9.47 Å². The highest BCUT2D eigenvalue weighted by atomic mass is 16.5. The average molecular weight is 670 g/mol. The zero-order valence-corrected chi connectivity index (χ0v) is 27.6. The number of hydrogen-bond acceptors (Lipinski definition) is 6. The number of anilines is 3. The lowest BCUT2D eigenvalue weighted by Gasteiger charge is -2.38. The van der Waals surface area contributed by atoms with Crippen molar-refractivity contribution in [3.63, 3.8) is 0 Å². The van der Waals surface area contributed by atoms with Crippen LogP contribution in [0.1, 0.15) is 0 Å². The van der Waals surface area contributed by atoms with Crippen LogP contribution in [0.15, 0.2) is 164 Å². The minimum Gasteiger partial charge on any atom is -0.453 e. The van der Waals surface area contributed by atoms with Gasteiger partial charge in [0.25, 0.3) is 0 Å². The minimum absolute atomic E-state index is 0.559. The summed E-state index contributed by atoms with van der Waals surface area (Å²) in [6.45, 7) is 0. The zero-order chi connectivity index (χ0) is 34.2. The second-order valence-electron chi connectivity index (χ2n) is 12.9. The van der Waals surface area contributed by atoms with E-state index in [2.05, 4.69) is 76.2 Å². The van der Waals surface area contributed by atoms with Gasteiger partial charge in [-0.05, 0) is 65.7 Å². The van der Waals surface area contributed by atoms with Crippen molar-refractivity contribution in [2.45, 2.75) is 0 Å². The number of benzene rings is 7. The molecule has 7 heteroatoms. The second kappa shape index (κ2) is 11.1. The molecular weight excluding hydrogens is 643 g/mol. The molecule has 244 valence electrons. The molecule has 0 unspecified atom stereocenters. The van der Waals surface area contributed by atoms with Crippen LogP contribution in [-0.2, 0) is 0 Å². The van der Waals surface area contributed by atoms with Gasteiger partial charge in [-0.1, -0.05) is 109 Å². The first-order chi connectivity index (χ1) is 25.8. The summed E-state index contributed by atoms with van der Waals surface area (Å²) < 4.78 is 15.3. The summed E-state index contributed by atoms with van der Waals surface area (Å²) in [4.78, 5) is 17.3. The molecule has 0 saturated carbocycles. The van der Waals surface area contributed by atoms with Crippen molar-refractivity contribution >= 4 is 38.9 Å². The van der Waals surface area contributed by atoms with Gasteiger partial charge in [0.15, 0.2) is 34.6 Å². The number of para-hydroxylation sites is 5. The van der Waals surface area contributed by atoms with E-state index >= 15 is 0 Å². The fraction of sp³-hybridized carbons (Fsp3) is 0. The van der Waals surface area contributed by atoms with E-state index in [1.165, 1.54) is 0 Å². The van der Waals surface area contributed by atoms with Gasteiger partial charge in [0.2, 0.25) is 5.95 Å². The quantitative estimate of drug-likeness (QED) is 0.186. The van der Waals surface area contributed by atoms with Crippen molar-refractivity contribution in [2.75, 3.05) is 4.90 Å². The van der Waals surface area contributed by atoms with Gasteiger partial charge in [-0.25, -0.2) is 4.98 Å². The molecule has 2 aromatic heterocycles. The maximum absolute atomic E-state index is 6.57. The summed E-state index contributed by atoms with van der Waals surface area (Å²) in [7, 11) is 0. The highest BCUT2D eigenvalue weighted by Gasteiger charge is 2.35. The summed E-state index contributed by atoms with van der Waals surface area (Å²) in [5.74, 6) is 4.89. The van der Waals surface area contributed by atoms with Gasteiger partial charge in [0, 0.05) is 21.9 Å². The fourth-order valence-electron chi connectivity index (χ4n) is 7.45. The highest BCUT2D eigenvalue weighted by molar-refractivity contribution is 6.10. The Labute approximate surface area is 298 Å². The molecule has 4 heterocycles. The van der Waals surface area contributed by atoms with Gasteiger partial charge >= 0.3 is 0 Å². The van der Waals surface area contributed by atoms with Crippen molar-refractivity contribution < 1.29 is 9.47 Å². The van der Waals surface area contributed by atoms with Crippen molar-refractivity contribution in [3.8, 4) is 62.8 Å². The molecule has 52 heavy (non-hydrogen) atoms. The van der Waals surface area contributed by atoms with Gasteiger partial charge in [-0.2, -0.15) is 9.97 Å². The third-order valence-corrected chi connectivity index (χ3v) is 9.81. The lowest BCUT2D eigenvalue weighted by Crippen LogP contribution is -2.20. The van der Waals surface area contributed by atoms with Gasteiger partial charge in [0.05, 0.1) is 22.4 Å². The number of nitrogens with zero attached hydrogens (tertiary/aromatic N) is 5. The molecule has 0 bridgehead atoms. The van der Waals surface area contributed by atoms with Gasteiger partial charge < -0.3 is 9.47 Å². The zero-order valence-electron chi connectivity index (χ0n) is 27.6. The standard InChI is InChI=1S/C45H27N5O2/c1-3-13-28(14-4-1)43-46-44(29-15-5-2-6-16-29)48-45(47-43)50-34-18-8-7-17-32(34)33-25-30(23-24-35(33)50)31-26-40-42-41(27-31)52-39-22-12-10-20-37(39)49(42)36-19-9-11-21-38(36)51-40/h1-27H. The molecular formula is C45H27N5O2. The monoisotopic (exact) mass is 669 g/mol. The maximum Gasteiger partial charge on any atom is 0.238 e. The van der Waals surface area contributed by atoms with Crippen LogP contribution in [0.3, 0.4) is 0 Å². The first-order valence-electron chi connectivity index (χ1n) is 17.2. The van der Waals surface area contributed by atoms with Crippen molar-refractivity contribution in [3.05, 3.63) is 164 Å². The van der Waals surface area contributed by atoms with Crippen molar-refractivity contribution in [1.82, 2.24) is 19.5 Å². The Hall–Kier alpha value is -7.25. The van der Waals surface area contributed by atoms with E-state index in [9.17, 15) is 0 Å². The lowest BCUT2D eigenvalue weighted by atomic mass is 9.99. The number of hydrogen-bond donors (Lipinski definition) is 0. The third-order valence-electron chi connectivity index (χ3n) is 9.81. The van der Waals surface area contributed by atoms with Crippen LogP contribution in [-0.4, -0.2) is 19.5 Å². The van der Waals surface area contributed by atoms with E-state index < -0.39 is 0 Å². The van der Waals surface area contributed by atoms with Crippen molar-refractivity contribution in [2.24, 2.45) is 0 Å². The number of ether oxygens (including phenoxy) is 2. The Kier molecular flexibility index (Phi) is 6.12. The Balaban J connectivity index is 1.10. The molecule has 2 aliphatic heterocycles. The highest BCUT2D eigenvalue weighted by Crippen LogP contribution is 2.60. The SMILES string of the molecule is c1ccc(-c2nc(-c3ccccc3)nc(-n3c4ccccc4c4cc(-c5cc6c7c(c5)Oc5ccccc5N7c5ccccc5O6)ccc43)n2)cc1. The lowest BCUT2D eigenvalue weighted by molar-refractivity contribution is 0.446. The molecule has 0 atom stereocenters. The summed E-state index contributed by atoms with van der Waals surface area (Å²) >= 11 is 0. The van der Waals surface area contributed by atoms with Crippen molar-refractivity contribution in [1.29, 1.82) is 0 Å². The first kappa shape index (κ1) is 28.6. The van der Waals surface area contributed by atoms with E-state index in [4.69, 9.17) is 24.4 Å². The van der Waals surface area contributed by atoms with Crippen LogP contribution in [0.4, 0.5) is 17.1 Å². The maximum atomic E-state index is 6.57. The molecule has 0 aliphatic carbocycles. The van der Waals surface area contributed by atoms with E-state index in [0.717, 1.165) is 84.1 Å². The molecule has 11 rings (SSSR count). The van der Waals surface area contributed by atoms with Crippen LogP contribution in [0.2, 0.25) is 0 Å². The Bertz CT molecular complexity index is 2740. The topological polar surface area (TPSA) is 65.3 Å². The van der Waals surface area contributed by atoms with Crippen LogP contribution >= 0.6 is 0 Å². The molecule has 0 fully saturated rings. The largest absolute Gasteiger partial charge is 0.453 e. The summed E-state index contributed by atoms with van der Waals surface area (Å²) in [6, 6.07) is 55.6. The fourth-order valence-corrected chi connectivity index (χ4v) is 7.45. The van der Waals surface area contributed by atoms with E-state index in [0.29, 0.717) is 17.6 Å².